The van der Waals surface area contributed by atoms with E-state index in [-0.39, 0.29) is 18.1 Å². The largest absolute Gasteiger partial charge is 0.444 e. The molecule has 21 heavy (non-hydrogen) atoms. The molecule has 1 aliphatic rings. The number of piperidine rings is 1. The third-order valence-electron chi connectivity index (χ3n) is 3.76. The van der Waals surface area contributed by atoms with Gasteiger partial charge < -0.3 is 15.4 Å². The fourth-order valence-corrected chi connectivity index (χ4v) is 2.88. The van der Waals surface area contributed by atoms with Crippen LogP contribution in [-0.4, -0.2) is 35.7 Å². The van der Waals surface area contributed by atoms with Gasteiger partial charge in [-0.1, -0.05) is 24.3 Å². The van der Waals surface area contributed by atoms with Crippen LogP contribution >= 0.6 is 0 Å². The monoisotopic (exact) mass is 290 g/mol. The van der Waals surface area contributed by atoms with Crippen molar-refractivity contribution in [2.24, 2.45) is 5.73 Å². The molecule has 4 heteroatoms. The lowest BCUT2D eigenvalue weighted by Gasteiger charge is -2.37. The maximum Gasteiger partial charge on any atom is 0.410 e. The normalized spacial score (nSPS) is 23.0. The maximum absolute atomic E-state index is 12.3. The van der Waals surface area contributed by atoms with Crippen molar-refractivity contribution in [3.63, 3.8) is 0 Å². The Bertz CT molecular complexity index is 508. The molecule has 1 aromatic carbocycles. The Hall–Kier alpha value is -1.55. The number of aryl methyl sites for hydroxylation is 1. The molecule has 1 amide bonds. The standard InChI is InChI=1S/C17H26N2O2/c1-12-7-5-6-8-15(12)13-9-14(18)11-19(10-13)16(20)21-17(2,3)4/h5-8,13-14H,9-11,18H2,1-4H3/t13-,14+/m1/s1. The molecule has 1 aliphatic heterocycles. The van der Waals surface area contributed by atoms with Crippen molar-refractivity contribution in [1.82, 2.24) is 4.90 Å². The number of ether oxygens (including phenoxy) is 1. The molecule has 1 fully saturated rings. The summed E-state index contributed by atoms with van der Waals surface area (Å²) in [6.07, 6.45) is 0.640. The summed E-state index contributed by atoms with van der Waals surface area (Å²) in [6, 6.07) is 8.31. The molecule has 2 N–H and O–H groups in total. The summed E-state index contributed by atoms with van der Waals surface area (Å²) in [6.45, 7) is 8.99. The Morgan fingerprint density at radius 1 is 1.29 bits per heavy atom. The van der Waals surface area contributed by atoms with Gasteiger partial charge in [0.1, 0.15) is 5.60 Å². The summed E-state index contributed by atoms with van der Waals surface area (Å²) in [5, 5.41) is 0. The molecule has 1 aromatic rings. The first-order chi connectivity index (χ1) is 9.76. The number of hydrogen-bond donors (Lipinski definition) is 1. The maximum atomic E-state index is 12.3. The van der Waals surface area contributed by atoms with Crippen LogP contribution in [0.15, 0.2) is 24.3 Å². The van der Waals surface area contributed by atoms with Gasteiger partial charge in [-0.2, -0.15) is 0 Å². The zero-order valence-corrected chi connectivity index (χ0v) is 13.4. The van der Waals surface area contributed by atoms with Crippen molar-refractivity contribution in [2.75, 3.05) is 13.1 Å². The minimum Gasteiger partial charge on any atom is -0.444 e. The summed E-state index contributed by atoms with van der Waals surface area (Å²) in [5.41, 5.74) is 8.21. The zero-order chi connectivity index (χ0) is 15.6. The van der Waals surface area contributed by atoms with Crippen LogP contribution in [0, 0.1) is 6.92 Å². The van der Waals surface area contributed by atoms with E-state index in [4.69, 9.17) is 10.5 Å². The first-order valence-corrected chi connectivity index (χ1v) is 7.55. The second-order valence-electron chi connectivity index (χ2n) is 6.93. The minimum atomic E-state index is -0.475. The van der Waals surface area contributed by atoms with Gasteiger partial charge in [0, 0.05) is 25.0 Å². The van der Waals surface area contributed by atoms with Gasteiger partial charge in [-0.15, -0.1) is 0 Å². The number of nitrogens with zero attached hydrogens (tertiary/aromatic N) is 1. The van der Waals surface area contributed by atoms with Crippen LogP contribution in [0.2, 0.25) is 0 Å². The van der Waals surface area contributed by atoms with E-state index < -0.39 is 5.60 Å². The Morgan fingerprint density at radius 3 is 2.57 bits per heavy atom. The number of benzene rings is 1. The first-order valence-electron chi connectivity index (χ1n) is 7.55. The number of carbonyl (C=O) groups is 1. The molecule has 2 atom stereocenters. The highest BCUT2D eigenvalue weighted by atomic mass is 16.6. The molecule has 1 saturated heterocycles. The highest BCUT2D eigenvalue weighted by Gasteiger charge is 2.32. The topological polar surface area (TPSA) is 55.6 Å². The summed E-state index contributed by atoms with van der Waals surface area (Å²) < 4.78 is 5.47. The third-order valence-corrected chi connectivity index (χ3v) is 3.76. The lowest BCUT2D eigenvalue weighted by atomic mass is 9.86. The zero-order valence-electron chi connectivity index (χ0n) is 13.4. The quantitative estimate of drug-likeness (QED) is 0.865. The van der Waals surface area contributed by atoms with Crippen molar-refractivity contribution in [3.8, 4) is 0 Å². The molecule has 116 valence electrons. The summed E-state index contributed by atoms with van der Waals surface area (Å²) >= 11 is 0. The van der Waals surface area contributed by atoms with Crippen LogP contribution in [0.3, 0.4) is 0 Å². The Balaban J connectivity index is 2.13. The lowest BCUT2D eigenvalue weighted by Crippen LogP contribution is -2.50. The third kappa shape index (κ3) is 4.21. The molecule has 0 radical (unpaired) electrons. The van der Waals surface area contributed by atoms with Gasteiger partial charge in [-0.25, -0.2) is 4.79 Å². The lowest BCUT2D eigenvalue weighted by molar-refractivity contribution is 0.0180. The van der Waals surface area contributed by atoms with Crippen LogP contribution < -0.4 is 5.73 Å². The molecule has 0 unspecified atom stereocenters. The Kier molecular flexibility index (Phi) is 4.57. The van der Waals surface area contributed by atoms with Gasteiger partial charge >= 0.3 is 6.09 Å². The highest BCUT2D eigenvalue weighted by molar-refractivity contribution is 5.68. The van der Waals surface area contributed by atoms with E-state index in [1.165, 1.54) is 11.1 Å². The fourth-order valence-electron chi connectivity index (χ4n) is 2.88. The van der Waals surface area contributed by atoms with E-state index in [1.54, 1.807) is 4.90 Å². The van der Waals surface area contributed by atoms with E-state index in [9.17, 15) is 4.79 Å². The average molecular weight is 290 g/mol. The van der Waals surface area contributed by atoms with Crippen LogP contribution in [0.4, 0.5) is 4.79 Å². The van der Waals surface area contributed by atoms with Crippen molar-refractivity contribution in [1.29, 1.82) is 0 Å². The summed E-state index contributed by atoms with van der Waals surface area (Å²) in [5.74, 6) is 0.280. The number of amides is 1. The Morgan fingerprint density at radius 2 is 1.95 bits per heavy atom. The van der Waals surface area contributed by atoms with Crippen molar-refractivity contribution in [3.05, 3.63) is 35.4 Å². The molecular weight excluding hydrogens is 264 g/mol. The molecule has 0 aliphatic carbocycles. The van der Waals surface area contributed by atoms with Crippen molar-refractivity contribution >= 4 is 6.09 Å². The highest BCUT2D eigenvalue weighted by Crippen LogP contribution is 2.29. The van der Waals surface area contributed by atoms with E-state index >= 15 is 0 Å². The molecular formula is C17H26N2O2. The van der Waals surface area contributed by atoms with Gasteiger partial charge in [0.2, 0.25) is 0 Å². The SMILES string of the molecule is Cc1ccccc1[C@@H]1C[C@H](N)CN(C(=O)OC(C)(C)C)C1. The second-order valence-corrected chi connectivity index (χ2v) is 6.93. The van der Waals surface area contributed by atoms with Crippen LogP contribution in [0.5, 0.6) is 0 Å². The van der Waals surface area contributed by atoms with E-state index in [2.05, 4.69) is 19.1 Å². The molecule has 2 rings (SSSR count). The van der Waals surface area contributed by atoms with Gasteiger partial charge in [0.25, 0.3) is 0 Å². The van der Waals surface area contributed by atoms with Gasteiger partial charge in [-0.05, 0) is 45.2 Å². The molecule has 1 heterocycles. The predicted octanol–water partition coefficient (Wildman–Crippen LogP) is 3.05. The van der Waals surface area contributed by atoms with E-state index in [0.29, 0.717) is 13.1 Å². The van der Waals surface area contributed by atoms with Gasteiger partial charge in [-0.3, -0.25) is 0 Å². The Labute approximate surface area is 127 Å². The number of hydrogen-bond acceptors (Lipinski definition) is 3. The van der Waals surface area contributed by atoms with Crippen LogP contribution in [0.25, 0.3) is 0 Å². The molecule has 4 nitrogen and oxygen atoms in total. The van der Waals surface area contributed by atoms with E-state index in [1.807, 2.05) is 32.9 Å². The molecule has 0 bridgehead atoms. The summed E-state index contributed by atoms with van der Waals surface area (Å²) in [7, 11) is 0. The minimum absolute atomic E-state index is 0.00382. The van der Waals surface area contributed by atoms with Crippen LogP contribution in [-0.2, 0) is 4.74 Å². The van der Waals surface area contributed by atoms with Gasteiger partial charge in [0.15, 0.2) is 0 Å². The first kappa shape index (κ1) is 15.8. The van der Waals surface area contributed by atoms with Gasteiger partial charge in [0.05, 0.1) is 0 Å². The van der Waals surface area contributed by atoms with Crippen molar-refractivity contribution in [2.45, 2.75) is 51.7 Å². The average Bonchev–Trinajstić information content (AvgIpc) is 2.36. The second kappa shape index (κ2) is 6.06. The van der Waals surface area contributed by atoms with Crippen molar-refractivity contribution < 1.29 is 9.53 Å². The summed E-state index contributed by atoms with van der Waals surface area (Å²) in [4.78, 5) is 14.0. The number of rotatable bonds is 1. The fraction of sp³-hybridized carbons (Fsp3) is 0.588. The molecule has 0 spiro atoms. The smallest absolute Gasteiger partial charge is 0.410 e. The predicted molar refractivity (Wildman–Crippen MR) is 84.3 cm³/mol. The van der Waals surface area contributed by atoms with E-state index in [0.717, 1.165) is 6.42 Å². The molecule has 0 saturated carbocycles. The molecule has 0 aromatic heterocycles. The number of likely N-dealkylation sites (tertiary alicyclic amines) is 1. The van der Waals surface area contributed by atoms with Crippen LogP contribution in [0.1, 0.15) is 44.2 Å². The number of nitrogens with two attached hydrogens (primary N) is 1. The number of carbonyl (C=O) groups excluding carboxylic acids is 1.